The van der Waals surface area contributed by atoms with Crippen molar-refractivity contribution in [2.75, 3.05) is 54.0 Å². The van der Waals surface area contributed by atoms with E-state index in [1.807, 2.05) is 12.1 Å². The lowest BCUT2D eigenvalue weighted by Gasteiger charge is -2.32. The highest BCUT2D eigenvalue weighted by Crippen LogP contribution is 2.36. The molecule has 21 heavy (non-hydrogen) atoms. The van der Waals surface area contributed by atoms with Gasteiger partial charge in [0.1, 0.15) is 0 Å². The van der Waals surface area contributed by atoms with E-state index in [4.69, 9.17) is 9.47 Å². The van der Waals surface area contributed by atoms with Crippen LogP contribution in [-0.2, 0) is 6.42 Å². The van der Waals surface area contributed by atoms with Crippen molar-refractivity contribution < 1.29 is 9.47 Å². The van der Waals surface area contributed by atoms with Crippen LogP contribution in [0.4, 0.5) is 0 Å². The van der Waals surface area contributed by atoms with E-state index in [1.54, 1.807) is 14.2 Å². The highest BCUT2D eigenvalue weighted by molar-refractivity contribution is 9.10. The zero-order valence-electron chi connectivity index (χ0n) is 13.2. The molecular weight excluding hydrogens is 332 g/mol. The summed E-state index contributed by atoms with van der Waals surface area (Å²) in [6, 6.07) is 3.97. The second-order valence-corrected chi connectivity index (χ2v) is 6.36. The molecular formula is C16H25BrN2O2. The van der Waals surface area contributed by atoms with Crippen LogP contribution in [0.1, 0.15) is 12.0 Å². The smallest absolute Gasteiger partial charge is 0.165 e. The van der Waals surface area contributed by atoms with E-state index in [0.717, 1.165) is 35.4 Å². The second kappa shape index (κ2) is 8.01. The minimum Gasteiger partial charge on any atom is -0.493 e. The molecule has 1 heterocycles. The van der Waals surface area contributed by atoms with Crippen LogP contribution in [-0.4, -0.2) is 63.8 Å². The van der Waals surface area contributed by atoms with Crippen molar-refractivity contribution >= 4 is 15.9 Å². The Bertz CT molecular complexity index is 460. The maximum atomic E-state index is 5.53. The van der Waals surface area contributed by atoms with E-state index < -0.39 is 0 Å². The van der Waals surface area contributed by atoms with Crippen molar-refractivity contribution in [2.45, 2.75) is 12.8 Å². The Balaban J connectivity index is 1.93. The third-order valence-electron chi connectivity index (χ3n) is 4.09. The van der Waals surface area contributed by atoms with Gasteiger partial charge >= 0.3 is 0 Å². The van der Waals surface area contributed by atoms with Gasteiger partial charge in [-0.25, -0.2) is 0 Å². The highest BCUT2D eigenvalue weighted by atomic mass is 79.9. The molecule has 0 amide bonds. The predicted octanol–water partition coefficient (Wildman–Crippen LogP) is 2.65. The van der Waals surface area contributed by atoms with E-state index in [-0.39, 0.29) is 0 Å². The number of likely N-dealkylation sites (N-methyl/N-ethyl adjacent to an activating group) is 1. The molecule has 0 radical (unpaired) electrons. The first kappa shape index (κ1) is 16.6. The molecule has 0 unspecified atom stereocenters. The Morgan fingerprint density at radius 3 is 2.43 bits per heavy atom. The van der Waals surface area contributed by atoms with Gasteiger partial charge in [-0.3, -0.25) is 0 Å². The van der Waals surface area contributed by atoms with Gasteiger partial charge < -0.3 is 19.3 Å². The summed E-state index contributed by atoms with van der Waals surface area (Å²) < 4.78 is 12.0. The Hall–Kier alpha value is -0.780. The van der Waals surface area contributed by atoms with Crippen LogP contribution < -0.4 is 9.47 Å². The van der Waals surface area contributed by atoms with E-state index in [2.05, 4.69) is 32.8 Å². The molecule has 0 saturated carbocycles. The van der Waals surface area contributed by atoms with Crippen LogP contribution in [0.25, 0.3) is 0 Å². The zero-order valence-corrected chi connectivity index (χ0v) is 14.8. The number of nitrogens with zero attached hydrogens (tertiary/aromatic N) is 2. The summed E-state index contributed by atoms with van der Waals surface area (Å²) >= 11 is 3.63. The molecule has 0 aliphatic carbocycles. The van der Waals surface area contributed by atoms with Crippen molar-refractivity contribution in [3.8, 4) is 11.5 Å². The lowest BCUT2D eigenvalue weighted by molar-refractivity contribution is 0.153. The van der Waals surface area contributed by atoms with Gasteiger partial charge in [0.15, 0.2) is 11.5 Å². The van der Waals surface area contributed by atoms with Gasteiger partial charge in [0.25, 0.3) is 0 Å². The standard InChI is InChI=1S/C16H25BrN2O2/c1-18-9-11-19(12-10-18)8-4-5-13-14(17)6-7-15(20-2)16(13)21-3/h6-7H,4-5,8-12H2,1-3H3. The molecule has 0 bridgehead atoms. The number of piperazine rings is 1. The second-order valence-electron chi connectivity index (χ2n) is 5.51. The molecule has 1 aliphatic heterocycles. The topological polar surface area (TPSA) is 24.9 Å². The Morgan fingerprint density at radius 1 is 1.10 bits per heavy atom. The summed E-state index contributed by atoms with van der Waals surface area (Å²) in [5.74, 6) is 1.65. The minimum absolute atomic E-state index is 0.801. The van der Waals surface area contributed by atoms with Crippen LogP contribution in [0.2, 0.25) is 0 Å². The van der Waals surface area contributed by atoms with Crippen LogP contribution in [0.3, 0.4) is 0 Å². The molecule has 4 nitrogen and oxygen atoms in total. The number of hydrogen-bond donors (Lipinski definition) is 0. The first-order valence-electron chi connectivity index (χ1n) is 7.46. The molecule has 0 N–H and O–H groups in total. The molecule has 0 atom stereocenters. The number of ether oxygens (including phenoxy) is 2. The first-order chi connectivity index (χ1) is 10.2. The fraction of sp³-hybridized carbons (Fsp3) is 0.625. The zero-order chi connectivity index (χ0) is 15.2. The molecule has 2 rings (SSSR count). The average molecular weight is 357 g/mol. The molecule has 1 aromatic carbocycles. The van der Waals surface area contributed by atoms with Gasteiger partial charge in [0.05, 0.1) is 14.2 Å². The van der Waals surface area contributed by atoms with E-state index in [1.165, 1.54) is 31.7 Å². The van der Waals surface area contributed by atoms with E-state index in [0.29, 0.717) is 0 Å². The Labute approximate surface area is 136 Å². The van der Waals surface area contributed by atoms with Gasteiger partial charge in [0, 0.05) is 36.2 Å². The van der Waals surface area contributed by atoms with Gasteiger partial charge in [-0.15, -0.1) is 0 Å². The largest absolute Gasteiger partial charge is 0.493 e. The van der Waals surface area contributed by atoms with Crippen LogP contribution in [0.5, 0.6) is 11.5 Å². The summed E-state index contributed by atoms with van der Waals surface area (Å²) in [5.41, 5.74) is 1.20. The average Bonchev–Trinajstić information content (AvgIpc) is 2.50. The van der Waals surface area contributed by atoms with Gasteiger partial charge in [-0.05, 0) is 38.6 Å². The van der Waals surface area contributed by atoms with E-state index >= 15 is 0 Å². The number of halogens is 1. The third kappa shape index (κ3) is 4.34. The van der Waals surface area contributed by atoms with Crippen molar-refractivity contribution in [2.24, 2.45) is 0 Å². The molecule has 0 aromatic heterocycles. The number of hydrogen-bond acceptors (Lipinski definition) is 4. The third-order valence-corrected chi connectivity index (χ3v) is 4.83. The molecule has 118 valence electrons. The Kier molecular flexibility index (Phi) is 6.33. The lowest BCUT2D eigenvalue weighted by atomic mass is 10.1. The fourth-order valence-corrected chi connectivity index (χ4v) is 3.26. The normalized spacial score (nSPS) is 17.0. The molecule has 1 aliphatic rings. The van der Waals surface area contributed by atoms with Gasteiger partial charge in [-0.2, -0.15) is 0 Å². The quantitative estimate of drug-likeness (QED) is 0.782. The maximum absolute atomic E-state index is 5.53. The summed E-state index contributed by atoms with van der Waals surface area (Å²) in [6.07, 6.45) is 2.12. The number of rotatable bonds is 6. The summed E-state index contributed by atoms with van der Waals surface area (Å²) in [7, 11) is 5.57. The number of methoxy groups -OCH3 is 2. The molecule has 5 heteroatoms. The van der Waals surface area contributed by atoms with Crippen LogP contribution >= 0.6 is 15.9 Å². The van der Waals surface area contributed by atoms with Crippen molar-refractivity contribution in [1.29, 1.82) is 0 Å². The van der Waals surface area contributed by atoms with Crippen molar-refractivity contribution in [3.05, 3.63) is 22.2 Å². The van der Waals surface area contributed by atoms with Crippen LogP contribution in [0, 0.1) is 0 Å². The summed E-state index contributed by atoms with van der Waals surface area (Å²) in [4.78, 5) is 4.93. The minimum atomic E-state index is 0.801. The van der Waals surface area contributed by atoms with Gasteiger partial charge in [0.2, 0.25) is 0 Å². The van der Waals surface area contributed by atoms with E-state index in [9.17, 15) is 0 Å². The maximum Gasteiger partial charge on any atom is 0.165 e. The molecule has 1 saturated heterocycles. The SMILES string of the molecule is COc1ccc(Br)c(CCCN2CCN(C)CC2)c1OC. The van der Waals surface area contributed by atoms with Crippen molar-refractivity contribution in [3.63, 3.8) is 0 Å². The summed E-state index contributed by atoms with van der Waals surface area (Å²) in [5, 5.41) is 0. The summed E-state index contributed by atoms with van der Waals surface area (Å²) in [6.45, 7) is 5.83. The first-order valence-corrected chi connectivity index (χ1v) is 8.25. The molecule has 1 fully saturated rings. The van der Waals surface area contributed by atoms with Gasteiger partial charge in [-0.1, -0.05) is 15.9 Å². The Morgan fingerprint density at radius 2 is 1.81 bits per heavy atom. The fourth-order valence-electron chi connectivity index (χ4n) is 2.75. The monoisotopic (exact) mass is 356 g/mol. The molecule has 0 spiro atoms. The number of benzene rings is 1. The van der Waals surface area contributed by atoms with Crippen LogP contribution in [0.15, 0.2) is 16.6 Å². The predicted molar refractivity (Wildman–Crippen MR) is 89.5 cm³/mol. The lowest BCUT2D eigenvalue weighted by Crippen LogP contribution is -2.44. The highest BCUT2D eigenvalue weighted by Gasteiger charge is 2.16. The molecule has 1 aromatic rings. The van der Waals surface area contributed by atoms with Crippen molar-refractivity contribution in [1.82, 2.24) is 9.80 Å².